The average Bonchev–Trinajstić information content (AvgIpc) is 3.00. The molecule has 1 unspecified atom stereocenters. The maximum Gasteiger partial charge on any atom is 0.387 e. The molecular weight excluding hydrogens is 423 g/mol. The van der Waals surface area contributed by atoms with Gasteiger partial charge in [-0.15, -0.1) is 0 Å². The van der Waals surface area contributed by atoms with Crippen molar-refractivity contribution in [2.24, 2.45) is 10.7 Å². The van der Waals surface area contributed by atoms with Crippen molar-refractivity contribution < 1.29 is 22.7 Å². The fourth-order valence-electron chi connectivity index (χ4n) is 3.81. The van der Waals surface area contributed by atoms with Gasteiger partial charge in [-0.25, -0.2) is 19.4 Å². The number of aryl methyl sites for hydroxylation is 1. The molecule has 0 radical (unpaired) electrons. The van der Waals surface area contributed by atoms with Gasteiger partial charge in [0.2, 0.25) is 0 Å². The molecule has 164 valence electrons. The smallest absolute Gasteiger partial charge is 0.387 e. The normalized spacial score (nSPS) is 18.2. The van der Waals surface area contributed by atoms with Crippen LogP contribution in [0.3, 0.4) is 0 Å². The number of carbonyl (C=O) groups is 1. The van der Waals surface area contributed by atoms with E-state index in [1.54, 1.807) is 13.0 Å². The fourth-order valence-corrected chi connectivity index (χ4v) is 3.81. The second kappa shape index (κ2) is 7.95. The Balaban J connectivity index is 2.01. The molecule has 1 aromatic heterocycles. The molecule has 10 heteroatoms. The standard InChI is InChI=1S/C22H18F3N5O2/c1-12-8-14(6-7-17(12)32-20(24)25)22(19(31)30(2)21(26)29-22)15-4-3-5-16(23)18(15)13-9-27-11-28-10-13/h3-11,20H,1-2H3,(H2,26,29). The minimum absolute atomic E-state index is 0.0504. The van der Waals surface area contributed by atoms with E-state index in [1.165, 1.54) is 56.1 Å². The van der Waals surface area contributed by atoms with Gasteiger partial charge in [0.1, 0.15) is 17.9 Å². The number of carbonyl (C=O) groups excluding carboxylic acids is 1. The first kappa shape index (κ1) is 21.3. The highest BCUT2D eigenvalue weighted by molar-refractivity contribution is 6.09. The number of halogens is 3. The van der Waals surface area contributed by atoms with E-state index in [0.717, 1.165) is 4.90 Å². The summed E-state index contributed by atoms with van der Waals surface area (Å²) >= 11 is 0. The molecule has 4 rings (SSSR count). The number of benzene rings is 2. The molecule has 1 amide bonds. The summed E-state index contributed by atoms with van der Waals surface area (Å²) in [7, 11) is 1.45. The van der Waals surface area contributed by atoms with Gasteiger partial charge in [0, 0.05) is 36.1 Å². The lowest BCUT2D eigenvalue weighted by Crippen LogP contribution is -2.41. The van der Waals surface area contributed by atoms with Gasteiger partial charge in [-0.05, 0) is 36.2 Å². The molecule has 1 aliphatic heterocycles. The monoisotopic (exact) mass is 441 g/mol. The van der Waals surface area contributed by atoms with Gasteiger partial charge in [0.25, 0.3) is 5.91 Å². The van der Waals surface area contributed by atoms with E-state index in [-0.39, 0.29) is 22.8 Å². The molecule has 2 aromatic carbocycles. The molecule has 0 aliphatic carbocycles. The van der Waals surface area contributed by atoms with Gasteiger partial charge in [-0.3, -0.25) is 9.69 Å². The number of alkyl halides is 2. The molecule has 1 atom stereocenters. The first-order chi connectivity index (χ1) is 15.3. The first-order valence-electron chi connectivity index (χ1n) is 9.49. The first-order valence-corrected chi connectivity index (χ1v) is 9.49. The molecule has 2 N–H and O–H groups in total. The number of ether oxygens (including phenoxy) is 1. The summed E-state index contributed by atoms with van der Waals surface area (Å²) in [5.41, 5.74) is 5.54. The van der Waals surface area contributed by atoms with Crippen molar-refractivity contribution in [2.45, 2.75) is 19.1 Å². The number of nitrogens with zero attached hydrogens (tertiary/aromatic N) is 4. The number of hydrogen-bond donors (Lipinski definition) is 1. The van der Waals surface area contributed by atoms with Crippen molar-refractivity contribution in [1.29, 1.82) is 0 Å². The van der Waals surface area contributed by atoms with Crippen molar-refractivity contribution in [3.63, 3.8) is 0 Å². The number of aromatic nitrogens is 2. The van der Waals surface area contributed by atoms with Gasteiger partial charge in [0.05, 0.1) is 0 Å². The summed E-state index contributed by atoms with van der Waals surface area (Å²) < 4.78 is 45.1. The van der Waals surface area contributed by atoms with Crippen molar-refractivity contribution in [3.05, 3.63) is 77.6 Å². The molecule has 0 spiro atoms. The third kappa shape index (κ3) is 3.33. The average molecular weight is 441 g/mol. The lowest BCUT2D eigenvalue weighted by Gasteiger charge is -2.29. The van der Waals surface area contributed by atoms with Crippen LogP contribution in [-0.4, -0.2) is 40.4 Å². The lowest BCUT2D eigenvalue weighted by molar-refractivity contribution is -0.129. The molecule has 0 bridgehead atoms. The Bertz CT molecular complexity index is 1220. The summed E-state index contributed by atoms with van der Waals surface area (Å²) in [6.45, 7) is -1.45. The van der Waals surface area contributed by atoms with E-state index in [0.29, 0.717) is 16.7 Å². The van der Waals surface area contributed by atoms with Crippen LogP contribution in [0.2, 0.25) is 0 Å². The third-order valence-corrected chi connectivity index (χ3v) is 5.30. The van der Waals surface area contributed by atoms with Crippen molar-refractivity contribution in [1.82, 2.24) is 14.9 Å². The number of amides is 1. The van der Waals surface area contributed by atoms with E-state index in [2.05, 4.69) is 19.7 Å². The third-order valence-electron chi connectivity index (χ3n) is 5.30. The summed E-state index contributed by atoms with van der Waals surface area (Å²) in [4.78, 5) is 27.0. The Morgan fingerprint density at radius 1 is 1.16 bits per heavy atom. The van der Waals surface area contributed by atoms with Gasteiger partial charge < -0.3 is 10.5 Å². The molecular formula is C22H18F3N5O2. The topological polar surface area (TPSA) is 93.7 Å². The van der Waals surface area contributed by atoms with Crippen LogP contribution in [-0.2, 0) is 10.3 Å². The maximum atomic E-state index is 15.1. The number of hydrogen-bond acceptors (Lipinski definition) is 6. The summed E-state index contributed by atoms with van der Waals surface area (Å²) in [5, 5.41) is 0. The molecule has 0 saturated heterocycles. The Hall–Kier alpha value is -3.95. The molecule has 7 nitrogen and oxygen atoms in total. The van der Waals surface area contributed by atoms with Gasteiger partial charge in [-0.2, -0.15) is 8.78 Å². The lowest BCUT2D eigenvalue weighted by atomic mass is 9.78. The second-order valence-corrected chi connectivity index (χ2v) is 7.19. The molecule has 0 saturated carbocycles. The van der Waals surface area contributed by atoms with E-state index < -0.39 is 23.9 Å². The number of rotatable bonds is 5. The van der Waals surface area contributed by atoms with E-state index >= 15 is 4.39 Å². The highest BCUT2D eigenvalue weighted by Gasteiger charge is 2.51. The van der Waals surface area contributed by atoms with Crippen LogP contribution in [0.5, 0.6) is 5.75 Å². The highest BCUT2D eigenvalue weighted by atomic mass is 19.3. The predicted molar refractivity (Wildman–Crippen MR) is 110 cm³/mol. The summed E-state index contributed by atoms with van der Waals surface area (Å²) in [6, 6.07) is 8.54. The zero-order valence-corrected chi connectivity index (χ0v) is 17.1. The number of guanidine groups is 1. The van der Waals surface area contributed by atoms with Crippen LogP contribution < -0.4 is 10.5 Å². The number of nitrogens with two attached hydrogens (primary N) is 1. The summed E-state index contributed by atoms with van der Waals surface area (Å²) in [5.74, 6) is -1.26. The molecule has 2 heterocycles. The molecule has 1 aliphatic rings. The largest absolute Gasteiger partial charge is 0.435 e. The van der Waals surface area contributed by atoms with Crippen molar-refractivity contribution >= 4 is 11.9 Å². The zero-order chi connectivity index (χ0) is 23.0. The van der Waals surface area contributed by atoms with Crippen LogP contribution in [0.25, 0.3) is 11.1 Å². The minimum atomic E-state index is -3.01. The molecule has 3 aromatic rings. The van der Waals surface area contributed by atoms with Crippen molar-refractivity contribution in [2.75, 3.05) is 7.05 Å². The predicted octanol–water partition coefficient (Wildman–Crippen LogP) is 3.22. The van der Waals surface area contributed by atoms with E-state index in [1.807, 2.05) is 0 Å². The van der Waals surface area contributed by atoms with Crippen LogP contribution in [0.4, 0.5) is 13.2 Å². The molecule has 32 heavy (non-hydrogen) atoms. The van der Waals surface area contributed by atoms with E-state index in [9.17, 15) is 13.6 Å². The Labute approximate surface area is 181 Å². The van der Waals surface area contributed by atoms with E-state index in [4.69, 9.17) is 5.73 Å². The Kier molecular flexibility index (Phi) is 5.29. The molecule has 0 fully saturated rings. The quantitative estimate of drug-likeness (QED) is 0.656. The maximum absolute atomic E-state index is 15.1. The van der Waals surface area contributed by atoms with Gasteiger partial charge in [-0.1, -0.05) is 18.2 Å². The fraction of sp³-hybridized carbons (Fsp3) is 0.182. The van der Waals surface area contributed by atoms with Crippen LogP contribution in [0.15, 0.2) is 60.1 Å². The minimum Gasteiger partial charge on any atom is -0.435 e. The van der Waals surface area contributed by atoms with Crippen LogP contribution >= 0.6 is 0 Å². The van der Waals surface area contributed by atoms with Gasteiger partial charge in [0.15, 0.2) is 11.5 Å². The van der Waals surface area contributed by atoms with Crippen LogP contribution in [0, 0.1) is 12.7 Å². The number of likely N-dealkylation sites (N-methyl/N-ethyl adjacent to an activating group) is 1. The highest BCUT2D eigenvalue weighted by Crippen LogP contribution is 2.45. The Morgan fingerprint density at radius 3 is 2.47 bits per heavy atom. The van der Waals surface area contributed by atoms with Crippen LogP contribution in [0.1, 0.15) is 16.7 Å². The Morgan fingerprint density at radius 2 is 1.88 bits per heavy atom. The van der Waals surface area contributed by atoms with Crippen molar-refractivity contribution in [3.8, 4) is 16.9 Å². The SMILES string of the molecule is Cc1cc(C2(c3cccc(F)c3-c3cncnc3)N=C(N)N(C)C2=O)ccc1OC(F)F. The summed E-state index contributed by atoms with van der Waals surface area (Å²) in [6.07, 6.45) is 4.14. The second-order valence-electron chi connectivity index (χ2n) is 7.19. The number of aliphatic imine (C=N–C) groups is 1. The zero-order valence-electron chi connectivity index (χ0n) is 17.1. The van der Waals surface area contributed by atoms with Gasteiger partial charge >= 0.3 is 6.61 Å².